The van der Waals surface area contributed by atoms with Crippen LogP contribution in [0.4, 0.5) is 10.1 Å². The largest absolute Gasteiger partial charge is 0.465 e. The standard InChI is InChI=1S/C23H22FNO2/c1-3-15-13-16(22-14(2)27-21-10-6-8-18(21)22)11-12-20(15)25-23(26)17-7-4-5-9-19(17)24/h4-5,7,9,11-13H,3,6,8,10H2,1-2H3,(H,25,26). The zero-order chi connectivity index (χ0) is 19.0. The van der Waals surface area contributed by atoms with E-state index in [1.54, 1.807) is 12.1 Å². The highest BCUT2D eigenvalue weighted by atomic mass is 19.1. The average molecular weight is 363 g/mol. The predicted octanol–water partition coefficient (Wildman–Crippen LogP) is 5.70. The average Bonchev–Trinajstić information content (AvgIpc) is 3.22. The lowest BCUT2D eigenvalue weighted by molar-refractivity contribution is 0.102. The molecule has 4 rings (SSSR count). The van der Waals surface area contributed by atoms with Crippen molar-refractivity contribution in [2.45, 2.75) is 39.5 Å². The Morgan fingerprint density at radius 2 is 2.00 bits per heavy atom. The molecule has 0 spiro atoms. The van der Waals surface area contributed by atoms with Crippen molar-refractivity contribution >= 4 is 11.6 Å². The molecular weight excluding hydrogens is 341 g/mol. The van der Waals surface area contributed by atoms with Gasteiger partial charge in [0, 0.05) is 23.2 Å². The third-order valence-corrected chi connectivity index (χ3v) is 5.24. The second-order valence-electron chi connectivity index (χ2n) is 6.95. The molecule has 0 bridgehead atoms. The van der Waals surface area contributed by atoms with Crippen molar-refractivity contribution in [2.75, 3.05) is 5.32 Å². The van der Waals surface area contributed by atoms with Gasteiger partial charge in [0.1, 0.15) is 17.3 Å². The molecule has 2 aromatic carbocycles. The third kappa shape index (κ3) is 3.16. The molecule has 138 valence electrons. The Hall–Kier alpha value is -2.88. The Morgan fingerprint density at radius 3 is 2.78 bits per heavy atom. The number of hydrogen-bond donors (Lipinski definition) is 1. The third-order valence-electron chi connectivity index (χ3n) is 5.24. The monoisotopic (exact) mass is 363 g/mol. The van der Waals surface area contributed by atoms with Crippen LogP contribution in [0.2, 0.25) is 0 Å². The summed E-state index contributed by atoms with van der Waals surface area (Å²) in [6.45, 7) is 4.05. The molecule has 0 aliphatic heterocycles. The summed E-state index contributed by atoms with van der Waals surface area (Å²) in [5, 5.41) is 2.86. The molecule has 1 N–H and O–H groups in total. The van der Waals surface area contributed by atoms with Gasteiger partial charge in [-0.15, -0.1) is 0 Å². The van der Waals surface area contributed by atoms with Crippen molar-refractivity contribution in [2.24, 2.45) is 0 Å². The lowest BCUT2D eigenvalue weighted by Crippen LogP contribution is -2.14. The van der Waals surface area contributed by atoms with Gasteiger partial charge in [-0.2, -0.15) is 0 Å². The maximum atomic E-state index is 13.9. The van der Waals surface area contributed by atoms with Crippen molar-refractivity contribution in [1.29, 1.82) is 0 Å². The van der Waals surface area contributed by atoms with Crippen LogP contribution in [0.1, 0.15) is 46.3 Å². The van der Waals surface area contributed by atoms with Gasteiger partial charge < -0.3 is 9.73 Å². The number of furan rings is 1. The number of benzene rings is 2. The summed E-state index contributed by atoms with van der Waals surface area (Å²) in [4.78, 5) is 12.5. The number of carbonyl (C=O) groups excluding carboxylic acids is 1. The highest BCUT2D eigenvalue weighted by Crippen LogP contribution is 2.38. The van der Waals surface area contributed by atoms with E-state index in [0.29, 0.717) is 5.69 Å². The SMILES string of the molecule is CCc1cc(-c2c(C)oc3c2CCC3)ccc1NC(=O)c1ccccc1F. The molecule has 1 aliphatic rings. The number of halogens is 1. The van der Waals surface area contributed by atoms with Crippen LogP contribution in [0.3, 0.4) is 0 Å². The highest BCUT2D eigenvalue weighted by molar-refractivity contribution is 6.05. The first-order valence-corrected chi connectivity index (χ1v) is 9.38. The topological polar surface area (TPSA) is 42.2 Å². The molecule has 27 heavy (non-hydrogen) atoms. The smallest absolute Gasteiger partial charge is 0.258 e. The number of carbonyl (C=O) groups is 1. The molecule has 0 radical (unpaired) electrons. The summed E-state index contributed by atoms with van der Waals surface area (Å²) < 4.78 is 19.8. The number of hydrogen-bond acceptors (Lipinski definition) is 2. The molecule has 0 atom stereocenters. The molecule has 3 aromatic rings. The zero-order valence-corrected chi connectivity index (χ0v) is 15.6. The zero-order valence-electron chi connectivity index (χ0n) is 15.6. The van der Waals surface area contributed by atoms with E-state index in [2.05, 4.69) is 11.4 Å². The van der Waals surface area contributed by atoms with Gasteiger partial charge in [0.25, 0.3) is 5.91 Å². The number of nitrogens with one attached hydrogen (secondary N) is 1. The van der Waals surface area contributed by atoms with Crippen LogP contribution in [0.15, 0.2) is 46.9 Å². The van der Waals surface area contributed by atoms with Gasteiger partial charge in [-0.1, -0.05) is 25.1 Å². The molecular formula is C23H22FNO2. The quantitative estimate of drug-likeness (QED) is 0.646. The molecule has 0 fully saturated rings. The Kier molecular flexibility index (Phi) is 4.56. The summed E-state index contributed by atoms with van der Waals surface area (Å²) in [5.41, 5.74) is 5.39. The molecule has 0 saturated heterocycles. The maximum Gasteiger partial charge on any atom is 0.258 e. The Balaban J connectivity index is 1.67. The van der Waals surface area contributed by atoms with Crippen molar-refractivity contribution in [3.8, 4) is 11.1 Å². The van der Waals surface area contributed by atoms with E-state index in [-0.39, 0.29) is 5.56 Å². The minimum atomic E-state index is -0.519. The fourth-order valence-electron chi connectivity index (χ4n) is 3.92. The van der Waals surface area contributed by atoms with E-state index in [1.807, 2.05) is 26.0 Å². The lowest BCUT2D eigenvalue weighted by Gasteiger charge is -2.13. The van der Waals surface area contributed by atoms with Crippen LogP contribution in [0, 0.1) is 12.7 Å². The summed E-state index contributed by atoms with van der Waals surface area (Å²) >= 11 is 0. The first kappa shape index (κ1) is 17.5. The van der Waals surface area contributed by atoms with Crippen LogP contribution in [0.25, 0.3) is 11.1 Å². The van der Waals surface area contributed by atoms with Crippen LogP contribution in [-0.2, 0) is 19.3 Å². The van der Waals surface area contributed by atoms with Crippen LogP contribution < -0.4 is 5.32 Å². The fourth-order valence-corrected chi connectivity index (χ4v) is 3.92. The number of anilines is 1. The molecule has 1 amide bonds. The van der Waals surface area contributed by atoms with Gasteiger partial charge in [-0.25, -0.2) is 4.39 Å². The van der Waals surface area contributed by atoms with Crippen LogP contribution in [-0.4, -0.2) is 5.91 Å². The Morgan fingerprint density at radius 1 is 1.19 bits per heavy atom. The summed E-state index contributed by atoms with van der Waals surface area (Å²) in [6, 6.07) is 12.0. The van der Waals surface area contributed by atoms with E-state index < -0.39 is 11.7 Å². The van der Waals surface area contributed by atoms with Gasteiger partial charge in [0.15, 0.2) is 0 Å². The number of rotatable bonds is 4. The molecule has 4 heteroatoms. The van der Waals surface area contributed by atoms with Gasteiger partial charge in [-0.3, -0.25) is 4.79 Å². The van der Waals surface area contributed by atoms with E-state index >= 15 is 0 Å². The van der Waals surface area contributed by atoms with Crippen LogP contribution >= 0.6 is 0 Å². The second-order valence-corrected chi connectivity index (χ2v) is 6.95. The van der Waals surface area contributed by atoms with Crippen LogP contribution in [0.5, 0.6) is 0 Å². The highest BCUT2D eigenvalue weighted by Gasteiger charge is 2.23. The second kappa shape index (κ2) is 7.03. The van der Waals surface area contributed by atoms with Gasteiger partial charge >= 0.3 is 0 Å². The lowest BCUT2D eigenvalue weighted by atomic mass is 9.97. The molecule has 1 aromatic heterocycles. The predicted molar refractivity (Wildman–Crippen MR) is 105 cm³/mol. The van der Waals surface area contributed by atoms with E-state index in [9.17, 15) is 9.18 Å². The summed E-state index contributed by atoms with van der Waals surface area (Å²) in [7, 11) is 0. The maximum absolute atomic E-state index is 13.9. The normalized spacial score (nSPS) is 12.9. The Bertz CT molecular complexity index is 1020. The van der Waals surface area contributed by atoms with Crippen molar-refractivity contribution in [3.63, 3.8) is 0 Å². The van der Waals surface area contributed by atoms with Crippen molar-refractivity contribution in [3.05, 3.63) is 76.5 Å². The summed E-state index contributed by atoms with van der Waals surface area (Å²) in [6.07, 6.45) is 3.96. The Labute approximate surface area is 158 Å². The molecule has 0 unspecified atom stereocenters. The number of fused-ring (bicyclic) bond motifs is 1. The molecule has 1 aliphatic carbocycles. The molecule has 1 heterocycles. The van der Waals surface area contributed by atoms with E-state index in [0.717, 1.165) is 48.3 Å². The van der Waals surface area contributed by atoms with Gasteiger partial charge in [0.2, 0.25) is 0 Å². The first-order valence-electron chi connectivity index (χ1n) is 9.38. The van der Waals surface area contributed by atoms with Gasteiger partial charge in [0.05, 0.1) is 5.56 Å². The first-order chi connectivity index (χ1) is 13.1. The molecule has 3 nitrogen and oxygen atoms in total. The van der Waals surface area contributed by atoms with Crippen molar-refractivity contribution < 1.29 is 13.6 Å². The fraction of sp³-hybridized carbons (Fsp3) is 0.261. The molecule has 0 saturated carbocycles. The minimum absolute atomic E-state index is 0.0483. The van der Waals surface area contributed by atoms with Gasteiger partial charge in [-0.05, 0) is 61.6 Å². The van der Waals surface area contributed by atoms with Crippen molar-refractivity contribution in [1.82, 2.24) is 0 Å². The number of aryl methyl sites for hydroxylation is 3. The number of amides is 1. The van der Waals surface area contributed by atoms with E-state index in [1.165, 1.54) is 23.3 Å². The summed E-state index contributed by atoms with van der Waals surface area (Å²) in [5.74, 6) is 1.10. The minimum Gasteiger partial charge on any atom is -0.465 e. The van der Waals surface area contributed by atoms with E-state index in [4.69, 9.17) is 4.42 Å².